The number of alkyl halides is 3. The molecule has 0 aromatic carbocycles. The number of carbonyl (C=O) groups is 1. The normalized spacial score (nSPS) is 12.3. The standard InChI is InChI=1S/C18H18F3N5O3S/c1-4-15(27)24-10-6-13(30(28,29)5-2)16(23-8-10)17-25-11-7-14(18(19,20)21)22-9-12(11)26(17)3/h6-9H,4-5H2,1-3H3,(H,24,27). The minimum Gasteiger partial charge on any atom is -0.325 e. The van der Waals surface area contributed by atoms with Gasteiger partial charge in [0.2, 0.25) is 5.91 Å². The van der Waals surface area contributed by atoms with Gasteiger partial charge >= 0.3 is 6.18 Å². The van der Waals surface area contributed by atoms with E-state index in [0.29, 0.717) is 0 Å². The summed E-state index contributed by atoms with van der Waals surface area (Å²) in [4.78, 5) is 23.2. The van der Waals surface area contributed by atoms with Crippen molar-refractivity contribution < 1.29 is 26.4 Å². The number of halogens is 3. The number of hydrogen-bond donors (Lipinski definition) is 1. The first-order chi connectivity index (χ1) is 14.0. The first kappa shape index (κ1) is 21.7. The summed E-state index contributed by atoms with van der Waals surface area (Å²) in [6, 6.07) is 2.07. The van der Waals surface area contributed by atoms with E-state index in [-0.39, 0.29) is 51.2 Å². The second-order valence-electron chi connectivity index (χ2n) is 6.43. The lowest BCUT2D eigenvalue weighted by Crippen LogP contribution is -2.13. The summed E-state index contributed by atoms with van der Waals surface area (Å²) < 4.78 is 65.6. The van der Waals surface area contributed by atoms with Crippen LogP contribution in [0.1, 0.15) is 26.0 Å². The van der Waals surface area contributed by atoms with Gasteiger partial charge in [-0.3, -0.25) is 4.79 Å². The van der Waals surface area contributed by atoms with Crippen LogP contribution in [0.15, 0.2) is 29.4 Å². The monoisotopic (exact) mass is 441 g/mol. The molecule has 3 aromatic rings. The van der Waals surface area contributed by atoms with Gasteiger partial charge in [-0.1, -0.05) is 13.8 Å². The van der Waals surface area contributed by atoms with E-state index in [1.165, 1.54) is 30.8 Å². The summed E-state index contributed by atoms with van der Waals surface area (Å²) in [5, 5.41) is 2.54. The third kappa shape index (κ3) is 3.99. The molecule has 1 amide bonds. The zero-order valence-corrected chi connectivity index (χ0v) is 17.1. The van der Waals surface area contributed by atoms with Crippen LogP contribution in [-0.2, 0) is 27.9 Å². The van der Waals surface area contributed by atoms with Crippen molar-refractivity contribution in [2.24, 2.45) is 7.05 Å². The third-order valence-electron chi connectivity index (χ3n) is 4.44. The molecule has 160 valence electrons. The van der Waals surface area contributed by atoms with E-state index in [9.17, 15) is 26.4 Å². The van der Waals surface area contributed by atoms with E-state index in [4.69, 9.17) is 0 Å². The lowest BCUT2D eigenvalue weighted by Gasteiger charge is -2.11. The first-order valence-electron chi connectivity index (χ1n) is 8.90. The third-order valence-corrected chi connectivity index (χ3v) is 6.18. The Labute approximate surface area is 170 Å². The second-order valence-corrected chi connectivity index (χ2v) is 8.67. The average Bonchev–Trinajstić information content (AvgIpc) is 3.03. The fourth-order valence-corrected chi connectivity index (χ4v) is 3.83. The predicted octanol–water partition coefficient (Wildman–Crippen LogP) is 3.19. The second kappa shape index (κ2) is 7.67. The van der Waals surface area contributed by atoms with Crippen LogP contribution in [0.2, 0.25) is 0 Å². The number of anilines is 1. The fraction of sp³-hybridized carbons (Fsp3) is 0.333. The van der Waals surface area contributed by atoms with Gasteiger partial charge in [-0.25, -0.2) is 23.4 Å². The van der Waals surface area contributed by atoms with Crippen molar-refractivity contribution in [2.75, 3.05) is 11.1 Å². The molecule has 0 fully saturated rings. The van der Waals surface area contributed by atoms with Gasteiger partial charge in [-0.2, -0.15) is 13.2 Å². The SMILES string of the molecule is CCC(=O)Nc1cnc(-c2nc3cc(C(F)(F)F)ncc3n2C)c(S(=O)(=O)CC)c1. The summed E-state index contributed by atoms with van der Waals surface area (Å²) in [5.74, 6) is -0.499. The molecular formula is C18H18F3N5O3S. The van der Waals surface area contributed by atoms with Crippen LogP contribution in [0.3, 0.4) is 0 Å². The predicted molar refractivity (Wildman–Crippen MR) is 103 cm³/mol. The Balaban J connectivity index is 2.22. The number of imidazole rings is 1. The molecule has 0 radical (unpaired) electrons. The molecule has 0 saturated heterocycles. The molecule has 0 bridgehead atoms. The number of aromatic nitrogens is 4. The van der Waals surface area contributed by atoms with Crippen molar-refractivity contribution in [3.8, 4) is 11.5 Å². The fourth-order valence-electron chi connectivity index (χ4n) is 2.78. The van der Waals surface area contributed by atoms with Crippen molar-refractivity contribution in [3.05, 3.63) is 30.2 Å². The molecule has 0 spiro atoms. The van der Waals surface area contributed by atoms with Crippen molar-refractivity contribution in [1.29, 1.82) is 0 Å². The summed E-state index contributed by atoms with van der Waals surface area (Å²) in [5.41, 5.74) is -0.662. The van der Waals surface area contributed by atoms with Crippen LogP contribution in [0.5, 0.6) is 0 Å². The maximum Gasteiger partial charge on any atom is 0.433 e. The molecule has 0 aliphatic carbocycles. The number of hydrogen-bond acceptors (Lipinski definition) is 6. The number of pyridine rings is 2. The maximum atomic E-state index is 13.0. The Bertz CT molecular complexity index is 1240. The van der Waals surface area contributed by atoms with Crippen LogP contribution in [0.4, 0.5) is 18.9 Å². The minimum absolute atomic E-state index is 0.000154. The molecule has 0 aliphatic heterocycles. The van der Waals surface area contributed by atoms with Gasteiger partial charge in [-0.05, 0) is 12.1 Å². The van der Waals surface area contributed by atoms with E-state index < -0.39 is 21.7 Å². The maximum absolute atomic E-state index is 13.0. The van der Waals surface area contributed by atoms with Crippen molar-refractivity contribution in [1.82, 2.24) is 19.5 Å². The highest BCUT2D eigenvalue weighted by Gasteiger charge is 2.33. The summed E-state index contributed by atoms with van der Waals surface area (Å²) in [7, 11) is -2.27. The van der Waals surface area contributed by atoms with Crippen LogP contribution < -0.4 is 5.32 Å². The van der Waals surface area contributed by atoms with Gasteiger partial charge in [0.15, 0.2) is 15.7 Å². The Morgan fingerprint density at radius 3 is 2.47 bits per heavy atom. The number of aryl methyl sites for hydroxylation is 1. The average molecular weight is 441 g/mol. The Morgan fingerprint density at radius 1 is 1.17 bits per heavy atom. The molecule has 0 aliphatic rings. The molecule has 0 saturated carbocycles. The van der Waals surface area contributed by atoms with Crippen molar-refractivity contribution in [2.45, 2.75) is 31.3 Å². The molecule has 30 heavy (non-hydrogen) atoms. The van der Waals surface area contributed by atoms with Gasteiger partial charge in [0.25, 0.3) is 0 Å². The van der Waals surface area contributed by atoms with E-state index >= 15 is 0 Å². The smallest absolute Gasteiger partial charge is 0.325 e. The lowest BCUT2D eigenvalue weighted by molar-refractivity contribution is -0.141. The van der Waals surface area contributed by atoms with Crippen LogP contribution >= 0.6 is 0 Å². The highest BCUT2D eigenvalue weighted by molar-refractivity contribution is 7.91. The minimum atomic E-state index is -4.64. The van der Waals surface area contributed by atoms with Crippen LogP contribution in [0.25, 0.3) is 22.6 Å². The Morgan fingerprint density at radius 2 is 1.87 bits per heavy atom. The summed E-state index contributed by atoms with van der Waals surface area (Å²) in [6.07, 6.45) is -2.15. The number of rotatable bonds is 5. The summed E-state index contributed by atoms with van der Waals surface area (Å²) >= 11 is 0. The zero-order valence-electron chi connectivity index (χ0n) is 16.3. The highest BCUT2D eigenvalue weighted by atomic mass is 32.2. The number of nitrogens with zero attached hydrogens (tertiary/aromatic N) is 4. The van der Waals surface area contributed by atoms with Gasteiger partial charge in [0, 0.05) is 13.5 Å². The quantitative estimate of drug-likeness (QED) is 0.652. The molecule has 0 unspecified atom stereocenters. The van der Waals surface area contributed by atoms with Gasteiger partial charge in [-0.15, -0.1) is 0 Å². The molecule has 3 rings (SSSR count). The molecule has 8 nitrogen and oxygen atoms in total. The topological polar surface area (TPSA) is 107 Å². The van der Waals surface area contributed by atoms with E-state index in [1.807, 2.05) is 0 Å². The Hall–Kier alpha value is -3.02. The number of sulfone groups is 1. The zero-order chi connectivity index (χ0) is 22.3. The molecule has 0 atom stereocenters. The highest BCUT2D eigenvalue weighted by Crippen LogP contribution is 2.33. The number of fused-ring (bicyclic) bond motifs is 1. The molecule has 3 heterocycles. The number of amides is 1. The number of carbonyl (C=O) groups excluding carboxylic acids is 1. The van der Waals surface area contributed by atoms with Crippen molar-refractivity contribution >= 4 is 32.5 Å². The molecular weight excluding hydrogens is 423 g/mol. The number of nitrogens with one attached hydrogen (secondary N) is 1. The first-order valence-corrected chi connectivity index (χ1v) is 10.6. The van der Waals surface area contributed by atoms with E-state index in [0.717, 1.165) is 12.3 Å². The van der Waals surface area contributed by atoms with Crippen molar-refractivity contribution in [3.63, 3.8) is 0 Å². The van der Waals surface area contributed by atoms with Gasteiger partial charge in [0.1, 0.15) is 11.4 Å². The Kier molecular flexibility index (Phi) is 5.54. The van der Waals surface area contributed by atoms with Gasteiger partial charge < -0.3 is 9.88 Å². The van der Waals surface area contributed by atoms with E-state index in [1.54, 1.807) is 6.92 Å². The van der Waals surface area contributed by atoms with Crippen LogP contribution in [0, 0.1) is 0 Å². The van der Waals surface area contributed by atoms with E-state index in [2.05, 4.69) is 20.3 Å². The molecule has 1 N–H and O–H groups in total. The lowest BCUT2D eigenvalue weighted by atomic mass is 10.3. The largest absolute Gasteiger partial charge is 0.433 e. The molecule has 3 aromatic heterocycles. The molecule has 12 heteroatoms. The van der Waals surface area contributed by atoms with Gasteiger partial charge in [0.05, 0.1) is 39.8 Å². The summed E-state index contributed by atoms with van der Waals surface area (Å²) in [6.45, 7) is 3.09. The van der Waals surface area contributed by atoms with Crippen LogP contribution in [-0.4, -0.2) is 39.6 Å².